The second-order valence-corrected chi connectivity index (χ2v) is 8.44. The molecule has 0 aliphatic carbocycles. The maximum atomic E-state index is 13.2. The third kappa shape index (κ3) is 4.50. The number of ether oxygens (including phenoxy) is 2. The Bertz CT molecular complexity index is 1440. The molecule has 2 aromatic heterocycles. The van der Waals surface area contributed by atoms with Gasteiger partial charge in [-0.2, -0.15) is 0 Å². The minimum atomic E-state index is -0.602. The van der Waals surface area contributed by atoms with Crippen LogP contribution in [0.5, 0.6) is 11.5 Å². The normalized spacial score (nSPS) is 10.9. The molecule has 0 radical (unpaired) electrons. The number of aromatic nitrogens is 2. The molecular formula is C23H20ClN3O5S. The van der Waals surface area contributed by atoms with E-state index < -0.39 is 11.2 Å². The highest BCUT2D eigenvalue weighted by Crippen LogP contribution is 2.27. The molecular weight excluding hydrogens is 466 g/mol. The van der Waals surface area contributed by atoms with Crippen molar-refractivity contribution in [2.75, 3.05) is 14.2 Å². The fourth-order valence-corrected chi connectivity index (χ4v) is 4.40. The molecule has 170 valence electrons. The molecule has 8 nitrogen and oxygen atoms in total. The van der Waals surface area contributed by atoms with E-state index in [2.05, 4.69) is 5.32 Å². The first-order valence-corrected chi connectivity index (χ1v) is 11.1. The average molecular weight is 486 g/mol. The summed E-state index contributed by atoms with van der Waals surface area (Å²) in [6.07, 6.45) is 0. The molecule has 2 heterocycles. The van der Waals surface area contributed by atoms with Crippen LogP contribution in [-0.4, -0.2) is 29.3 Å². The van der Waals surface area contributed by atoms with Crippen LogP contribution >= 0.6 is 22.9 Å². The van der Waals surface area contributed by atoms with Crippen LogP contribution in [0, 0.1) is 0 Å². The lowest BCUT2D eigenvalue weighted by atomic mass is 10.2. The van der Waals surface area contributed by atoms with E-state index in [1.165, 1.54) is 23.0 Å². The molecule has 0 atom stereocenters. The molecule has 0 fully saturated rings. The highest BCUT2D eigenvalue weighted by molar-refractivity contribution is 7.17. The van der Waals surface area contributed by atoms with E-state index in [-0.39, 0.29) is 19.0 Å². The number of hydrogen-bond acceptors (Lipinski definition) is 6. The Morgan fingerprint density at radius 1 is 1.03 bits per heavy atom. The zero-order chi connectivity index (χ0) is 23.5. The fraction of sp³-hybridized carbons (Fsp3) is 0.174. The van der Waals surface area contributed by atoms with E-state index in [0.717, 1.165) is 10.1 Å². The maximum absolute atomic E-state index is 13.2. The topological polar surface area (TPSA) is 91.6 Å². The van der Waals surface area contributed by atoms with Crippen molar-refractivity contribution >= 4 is 39.1 Å². The van der Waals surface area contributed by atoms with Crippen LogP contribution in [0.4, 0.5) is 0 Å². The fourth-order valence-electron chi connectivity index (χ4n) is 3.45. The van der Waals surface area contributed by atoms with E-state index in [1.54, 1.807) is 55.0 Å². The van der Waals surface area contributed by atoms with Crippen LogP contribution < -0.4 is 26.0 Å². The summed E-state index contributed by atoms with van der Waals surface area (Å²) < 4.78 is 13.2. The Kier molecular flexibility index (Phi) is 6.52. The second kappa shape index (κ2) is 9.51. The van der Waals surface area contributed by atoms with E-state index in [9.17, 15) is 14.4 Å². The van der Waals surface area contributed by atoms with Gasteiger partial charge in [-0.15, -0.1) is 11.3 Å². The Labute approximate surface area is 197 Å². The predicted octanol–water partition coefficient (Wildman–Crippen LogP) is 3.20. The molecule has 10 heteroatoms. The summed E-state index contributed by atoms with van der Waals surface area (Å²) in [5.41, 5.74) is 0.564. The number of carbonyl (C=O) groups excluding carboxylic acids is 1. The van der Waals surface area contributed by atoms with E-state index >= 15 is 0 Å². The molecule has 4 rings (SSSR count). The summed E-state index contributed by atoms with van der Waals surface area (Å²) in [7, 11) is 3.08. The molecule has 2 aromatic carbocycles. The number of thiophene rings is 1. The zero-order valence-electron chi connectivity index (χ0n) is 17.8. The zero-order valence-corrected chi connectivity index (χ0v) is 19.4. The number of fused-ring (bicyclic) bond motifs is 1. The van der Waals surface area contributed by atoms with Crippen LogP contribution in [0.3, 0.4) is 0 Å². The first-order chi connectivity index (χ1) is 15.9. The van der Waals surface area contributed by atoms with Crippen molar-refractivity contribution < 1.29 is 14.3 Å². The number of rotatable bonds is 7. The largest absolute Gasteiger partial charge is 0.493 e. The number of benzene rings is 2. The molecule has 0 saturated heterocycles. The van der Waals surface area contributed by atoms with E-state index in [0.29, 0.717) is 32.4 Å². The third-order valence-electron chi connectivity index (χ3n) is 5.08. The van der Waals surface area contributed by atoms with Crippen molar-refractivity contribution in [3.8, 4) is 17.2 Å². The lowest BCUT2D eigenvalue weighted by molar-refractivity contribution is -0.121. The molecule has 0 aliphatic heterocycles. The quantitative estimate of drug-likeness (QED) is 0.434. The summed E-state index contributed by atoms with van der Waals surface area (Å²) >= 11 is 7.16. The van der Waals surface area contributed by atoms with Gasteiger partial charge in [0.25, 0.3) is 5.56 Å². The number of halogens is 1. The van der Waals surface area contributed by atoms with Gasteiger partial charge in [-0.05, 0) is 53.4 Å². The van der Waals surface area contributed by atoms with Crippen molar-refractivity contribution in [3.63, 3.8) is 0 Å². The van der Waals surface area contributed by atoms with Gasteiger partial charge in [0.2, 0.25) is 5.91 Å². The number of nitrogens with one attached hydrogen (secondary N) is 1. The summed E-state index contributed by atoms with van der Waals surface area (Å²) in [5, 5.41) is 5.01. The summed E-state index contributed by atoms with van der Waals surface area (Å²) in [6, 6.07) is 13.4. The van der Waals surface area contributed by atoms with Crippen LogP contribution in [0.2, 0.25) is 5.02 Å². The predicted molar refractivity (Wildman–Crippen MR) is 128 cm³/mol. The molecule has 1 amide bonds. The van der Waals surface area contributed by atoms with Gasteiger partial charge in [-0.25, -0.2) is 9.36 Å². The van der Waals surface area contributed by atoms with Gasteiger partial charge in [0.1, 0.15) is 11.2 Å². The van der Waals surface area contributed by atoms with Crippen molar-refractivity contribution in [1.29, 1.82) is 0 Å². The monoisotopic (exact) mass is 485 g/mol. The minimum Gasteiger partial charge on any atom is -0.493 e. The van der Waals surface area contributed by atoms with Crippen molar-refractivity contribution in [2.45, 2.75) is 13.1 Å². The van der Waals surface area contributed by atoms with Gasteiger partial charge in [0.15, 0.2) is 11.5 Å². The molecule has 33 heavy (non-hydrogen) atoms. The van der Waals surface area contributed by atoms with Crippen molar-refractivity contribution in [1.82, 2.24) is 14.5 Å². The minimum absolute atomic E-state index is 0.234. The highest BCUT2D eigenvalue weighted by Gasteiger charge is 2.17. The van der Waals surface area contributed by atoms with Crippen LogP contribution in [0.15, 0.2) is 63.5 Å². The average Bonchev–Trinajstić information content (AvgIpc) is 3.31. The lowest BCUT2D eigenvalue weighted by Gasteiger charge is -2.13. The number of hydrogen-bond donors (Lipinski definition) is 1. The van der Waals surface area contributed by atoms with Crippen LogP contribution in [0.1, 0.15) is 5.56 Å². The standard InChI is InChI=1S/C23H20ClN3O5S/c1-31-18-8-3-14(11-19(18)32-2)12-25-20(28)13-26-17-9-10-33-21(17)22(29)27(23(26)30)16-6-4-15(24)5-7-16/h3-11H,12-13H2,1-2H3,(H,25,28). The number of methoxy groups -OCH3 is 2. The number of amides is 1. The van der Waals surface area contributed by atoms with E-state index in [4.69, 9.17) is 21.1 Å². The van der Waals surface area contributed by atoms with E-state index in [1.807, 2.05) is 6.07 Å². The third-order valence-corrected chi connectivity index (χ3v) is 6.22. The Morgan fingerprint density at radius 2 is 1.76 bits per heavy atom. The summed E-state index contributed by atoms with van der Waals surface area (Å²) in [6.45, 7) is -0.00916. The SMILES string of the molecule is COc1ccc(CNC(=O)Cn2c(=O)n(-c3ccc(Cl)cc3)c(=O)c3sccc32)cc1OC. The molecule has 1 N–H and O–H groups in total. The molecule has 0 saturated carbocycles. The maximum Gasteiger partial charge on any atom is 0.336 e. The van der Waals surface area contributed by atoms with Crippen LogP contribution in [0.25, 0.3) is 15.9 Å². The number of carbonyl (C=O) groups is 1. The van der Waals surface area contributed by atoms with Gasteiger partial charge in [-0.1, -0.05) is 17.7 Å². The van der Waals surface area contributed by atoms with Gasteiger partial charge in [0, 0.05) is 11.6 Å². The van der Waals surface area contributed by atoms with Gasteiger partial charge in [0.05, 0.1) is 25.4 Å². The molecule has 0 unspecified atom stereocenters. The van der Waals surface area contributed by atoms with Crippen molar-refractivity contribution in [3.05, 3.63) is 85.3 Å². The Morgan fingerprint density at radius 3 is 2.45 bits per heavy atom. The van der Waals surface area contributed by atoms with Gasteiger partial charge < -0.3 is 14.8 Å². The van der Waals surface area contributed by atoms with Gasteiger partial charge in [-0.3, -0.25) is 14.2 Å². The smallest absolute Gasteiger partial charge is 0.336 e. The van der Waals surface area contributed by atoms with Crippen LogP contribution in [-0.2, 0) is 17.9 Å². The molecule has 4 aromatic rings. The Hall–Kier alpha value is -3.56. The first kappa shape index (κ1) is 22.6. The molecule has 0 spiro atoms. The molecule has 0 aliphatic rings. The van der Waals surface area contributed by atoms with Crippen molar-refractivity contribution in [2.24, 2.45) is 0 Å². The highest BCUT2D eigenvalue weighted by atomic mass is 35.5. The summed E-state index contributed by atoms with van der Waals surface area (Å²) in [4.78, 5) is 38.9. The molecule has 0 bridgehead atoms. The first-order valence-electron chi connectivity index (χ1n) is 9.89. The Balaban J connectivity index is 1.63. The summed E-state index contributed by atoms with van der Waals surface area (Å²) in [5.74, 6) is 0.764. The number of nitrogens with zero attached hydrogens (tertiary/aromatic N) is 2. The second-order valence-electron chi connectivity index (χ2n) is 7.09. The lowest BCUT2D eigenvalue weighted by Crippen LogP contribution is -2.41. The van der Waals surface area contributed by atoms with Gasteiger partial charge >= 0.3 is 5.69 Å².